The number of ether oxygens (including phenoxy) is 3. The van der Waals surface area contributed by atoms with Gasteiger partial charge in [0, 0.05) is 0 Å². The molecule has 3 aromatic carbocycles. The van der Waals surface area contributed by atoms with Gasteiger partial charge in [-0.15, -0.1) is 0 Å². The van der Waals surface area contributed by atoms with Crippen LogP contribution < -0.4 is 14.2 Å². The minimum absolute atomic E-state index is 0.0296. The molecule has 0 aliphatic carbocycles. The largest absolute Gasteiger partial charge is 0.497 e. The van der Waals surface area contributed by atoms with E-state index in [4.69, 9.17) is 14.2 Å². The van der Waals surface area contributed by atoms with Gasteiger partial charge in [0.2, 0.25) is 0 Å². The van der Waals surface area contributed by atoms with Crippen molar-refractivity contribution >= 4 is 5.97 Å². The van der Waals surface area contributed by atoms with Crippen LogP contribution in [0.5, 0.6) is 17.2 Å². The second kappa shape index (κ2) is 11.8. The average molecular weight is 476 g/mol. The second-order valence-corrected chi connectivity index (χ2v) is 8.74. The maximum Gasteiger partial charge on any atom is 0.306 e. The van der Waals surface area contributed by atoms with Crippen molar-refractivity contribution in [3.05, 3.63) is 89.5 Å². The van der Waals surface area contributed by atoms with E-state index < -0.39 is 5.97 Å². The average Bonchev–Trinajstić information content (AvgIpc) is 2.90. The number of carbonyl (C=O) groups is 1. The van der Waals surface area contributed by atoms with Crippen LogP contribution in [0.15, 0.2) is 72.8 Å². The molecule has 35 heavy (non-hydrogen) atoms. The highest BCUT2D eigenvalue weighted by Crippen LogP contribution is 2.38. The summed E-state index contributed by atoms with van der Waals surface area (Å²) in [4.78, 5) is 13.9. The van der Waals surface area contributed by atoms with Crippen molar-refractivity contribution in [3.63, 3.8) is 0 Å². The number of hydrogen-bond acceptors (Lipinski definition) is 5. The molecule has 1 saturated heterocycles. The number of rotatable bonds is 10. The van der Waals surface area contributed by atoms with E-state index in [9.17, 15) is 9.90 Å². The fourth-order valence-corrected chi connectivity index (χ4v) is 4.62. The molecular formula is C29H33NO5. The molecule has 0 amide bonds. The predicted octanol–water partition coefficient (Wildman–Crippen LogP) is 5.56. The number of likely N-dealkylation sites (tertiary alicyclic amines) is 1. The van der Waals surface area contributed by atoms with Crippen LogP contribution in [0.25, 0.3) is 0 Å². The lowest BCUT2D eigenvalue weighted by molar-refractivity contribution is -0.143. The molecule has 184 valence electrons. The van der Waals surface area contributed by atoms with Gasteiger partial charge in [-0.1, -0.05) is 48.5 Å². The standard InChI is InChI=1S/C29H33NO5/c1-3-34-27-19-24(11-14-26(27)35-20-21-7-5-4-6-8-21)28(22-9-12-25(33-2)13-10-22)30-17-15-23(16-18-30)29(31)32/h4-14,19,23,28H,3,15-18,20H2,1-2H3,(H,31,32). The zero-order valence-electron chi connectivity index (χ0n) is 20.4. The molecule has 4 rings (SSSR count). The van der Waals surface area contributed by atoms with Crippen molar-refractivity contribution in [2.75, 3.05) is 26.8 Å². The van der Waals surface area contributed by atoms with Crippen molar-refractivity contribution < 1.29 is 24.1 Å². The van der Waals surface area contributed by atoms with E-state index in [0.717, 1.165) is 22.4 Å². The SMILES string of the molecule is CCOc1cc(C(c2ccc(OC)cc2)N2CCC(C(=O)O)CC2)ccc1OCc1ccccc1. The number of hydrogen-bond donors (Lipinski definition) is 1. The summed E-state index contributed by atoms with van der Waals surface area (Å²) >= 11 is 0. The van der Waals surface area contributed by atoms with Crippen LogP contribution >= 0.6 is 0 Å². The van der Waals surface area contributed by atoms with Crippen LogP contribution in [0.1, 0.15) is 42.5 Å². The molecule has 0 radical (unpaired) electrons. The van der Waals surface area contributed by atoms with Crippen molar-refractivity contribution in [2.45, 2.75) is 32.4 Å². The highest BCUT2D eigenvalue weighted by molar-refractivity contribution is 5.70. The van der Waals surface area contributed by atoms with Crippen LogP contribution in [0, 0.1) is 5.92 Å². The molecule has 1 N–H and O–H groups in total. The summed E-state index contributed by atoms with van der Waals surface area (Å²) < 4.78 is 17.5. The van der Waals surface area contributed by atoms with Crippen molar-refractivity contribution in [1.82, 2.24) is 4.90 Å². The normalized spacial score (nSPS) is 15.4. The third-order valence-corrected chi connectivity index (χ3v) is 6.50. The Morgan fingerprint density at radius 2 is 1.63 bits per heavy atom. The molecule has 1 atom stereocenters. The Hall–Kier alpha value is -3.51. The Kier molecular flexibility index (Phi) is 8.27. The van der Waals surface area contributed by atoms with E-state index in [1.165, 1.54) is 0 Å². The van der Waals surface area contributed by atoms with E-state index in [0.29, 0.717) is 50.6 Å². The third kappa shape index (κ3) is 6.14. The minimum Gasteiger partial charge on any atom is -0.497 e. The van der Waals surface area contributed by atoms with Crippen LogP contribution in [0.2, 0.25) is 0 Å². The molecule has 6 heteroatoms. The quantitative estimate of drug-likeness (QED) is 0.414. The molecule has 1 heterocycles. The van der Waals surface area contributed by atoms with E-state index >= 15 is 0 Å². The highest BCUT2D eigenvalue weighted by Gasteiger charge is 2.30. The maximum atomic E-state index is 11.5. The highest BCUT2D eigenvalue weighted by atomic mass is 16.5. The molecule has 0 bridgehead atoms. The first-order chi connectivity index (χ1) is 17.1. The fraction of sp³-hybridized carbons (Fsp3) is 0.345. The van der Waals surface area contributed by atoms with Gasteiger partial charge in [0.15, 0.2) is 11.5 Å². The van der Waals surface area contributed by atoms with E-state index in [1.807, 2.05) is 55.5 Å². The van der Waals surface area contributed by atoms with E-state index in [-0.39, 0.29) is 12.0 Å². The number of nitrogens with zero attached hydrogens (tertiary/aromatic N) is 1. The predicted molar refractivity (Wildman–Crippen MR) is 135 cm³/mol. The maximum absolute atomic E-state index is 11.5. The Bertz CT molecular complexity index is 1090. The Morgan fingerprint density at radius 1 is 0.943 bits per heavy atom. The summed E-state index contributed by atoms with van der Waals surface area (Å²) in [5.41, 5.74) is 3.30. The van der Waals surface area contributed by atoms with Gasteiger partial charge in [-0.25, -0.2) is 0 Å². The van der Waals surface area contributed by atoms with E-state index in [1.54, 1.807) is 7.11 Å². The van der Waals surface area contributed by atoms with E-state index in [2.05, 4.69) is 29.2 Å². The fourth-order valence-electron chi connectivity index (χ4n) is 4.62. The monoisotopic (exact) mass is 475 g/mol. The number of benzene rings is 3. The Balaban J connectivity index is 1.63. The lowest BCUT2D eigenvalue weighted by Crippen LogP contribution is -2.39. The first kappa shape index (κ1) is 24.6. The number of aliphatic carboxylic acids is 1. The lowest BCUT2D eigenvalue weighted by atomic mass is 9.91. The van der Waals surface area contributed by atoms with Crippen molar-refractivity contribution in [1.29, 1.82) is 0 Å². The van der Waals surface area contributed by atoms with Gasteiger partial charge >= 0.3 is 5.97 Å². The number of carboxylic acid groups (broad SMARTS) is 1. The van der Waals surface area contributed by atoms with Crippen molar-refractivity contribution in [2.24, 2.45) is 5.92 Å². The number of methoxy groups -OCH3 is 1. The van der Waals surface area contributed by atoms with Gasteiger partial charge < -0.3 is 19.3 Å². The molecule has 0 aromatic heterocycles. The van der Waals surface area contributed by atoms with Gasteiger partial charge in [0.25, 0.3) is 0 Å². The summed E-state index contributed by atoms with van der Waals surface area (Å²) in [7, 11) is 1.66. The van der Waals surface area contributed by atoms with Gasteiger partial charge in [-0.05, 0) is 73.8 Å². The zero-order chi connectivity index (χ0) is 24.6. The molecule has 3 aromatic rings. The molecule has 0 spiro atoms. The smallest absolute Gasteiger partial charge is 0.306 e. The molecule has 0 saturated carbocycles. The molecule has 6 nitrogen and oxygen atoms in total. The van der Waals surface area contributed by atoms with Gasteiger partial charge in [0.1, 0.15) is 12.4 Å². The summed E-state index contributed by atoms with van der Waals surface area (Å²) in [5.74, 6) is 1.23. The third-order valence-electron chi connectivity index (χ3n) is 6.50. The lowest BCUT2D eigenvalue weighted by Gasteiger charge is -2.37. The molecule has 1 aliphatic rings. The summed E-state index contributed by atoms with van der Waals surface area (Å²) in [6.07, 6.45) is 1.27. The van der Waals surface area contributed by atoms with Gasteiger partial charge in [-0.3, -0.25) is 9.69 Å². The topological polar surface area (TPSA) is 68.2 Å². The minimum atomic E-state index is -0.704. The number of carboxylic acids is 1. The first-order valence-corrected chi connectivity index (χ1v) is 12.1. The molecule has 1 fully saturated rings. The molecule has 1 aliphatic heterocycles. The summed E-state index contributed by atoms with van der Waals surface area (Å²) in [6.45, 7) is 4.38. The van der Waals surface area contributed by atoms with Crippen molar-refractivity contribution in [3.8, 4) is 17.2 Å². The molecular weight excluding hydrogens is 442 g/mol. The molecule has 1 unspecified atom stereocenters. The van der Waals surface area contributed by atoms with Crippen LogP contribution in [-0.2, 0) is 11.4 Å². The van der Waals surface area contributed by atoms with Gasteiger partial charge in [-0.2, -0.15) is 0 Å². The zero-order valence-corrected chi connectivity index (χ0v) is 20.4. The second-order valence-electron chi connectivity index (χ2n) is 8.74. The van der Waals surface area contributed by atoms with Gasteiger partial charge in [0.05, 0.1) is 25.7 Å². The van der Waals surface area contributed by atoms with Crippen LogP contribution in [0.3, 0.4) is 0 Å². The van der Waals surface area contributed by atoms with Crippen LogP contribution in [-0.4, -0.2) is 42.8 Å². The Labute approximate surface area is 207 Å². The summed E-state index contributed by atoms with van der Waals surface area (Å²) in [6, 6.07) is 24.2. The summed E-state index contributed by atoms with van der Waals surface area (Å²) in [5, 5.41) is 9.45. The first-order valence-electron chi connectivity index (χ1n) is 12.1. The Morgan fingerprint density at radius 3 is 2.26 bits per heavy atom. The number of piperidine rings is 1. The van der Waals surface area contributed by atoms with Crippen LogP contribution in [0.4, 0.5) is 0 Å².